The number of carboxylic acid groups (broad SMARTS) is 1. The molecule has 0 saturated carbocycles. The molecule has 3 N–H and O–H groups in total. The van der Waals surface area contributed by atoms with Gasteiger partial charge < -0.3 is 24.9 Å². The molecule has 1 saturated heterocycles. The molecule has 132 valence electrons. The molecule has 1 aromatic heterocycles. The van der Waals surface area contributed by atoms with E-state index in [2.05, 4.69) is 10.6 Å². The third-order valence-electron chi connectivity index (χ3n) is 3.84. The Kier molecular flexibility index (Phi) is 4.99. The lowest BCUT2D eigenvalue weighted by Gasteiger charge is -2.13. The summed E-state index contributed by atoms with van der Waals surface area (Å²) in [6.07, 6.45) is 3.01. The maximum Gasteiger partial charge on any atom is 0.338 e. The summed E-state index contributed by atoms with van der Waals surface area (Å²) in [4.78, 5) is 22.8. The SMILES string of the molecule is O=C(O)c1coc(C(=O)Nc2ccc(NC[C@H]3CCCO3)c(F)c2)c1. The van der Waals surface area contributed by atoms with Crippen molar-refractivity contribution >= 4 is 23.3 Å². The van der Waals surface area contributed by atoms with Crippen molar-refractivity contribution in [3.63, 3.8) is 0 Å². The van der Waals surface area contributed by atoms with Crippen molar-refractivity contribution in [3.8, 4) is 0 Å². The lowest BCUT2D eigenvalue weighted by atomic mass is 10.2. The van der Waals surface area contributed by atoms with Crippen LogP contribution in [-0.2, 0) is 4.74 Å². The third-order valence-corrected chi connectivity index (χ3v) is 3.84. The van der Waals surface area contributed by atoms with Gasteiger partial charge in [-0.25, -0.2) is 9.18 Å². The molecule has 0 radical (unpaired) electrons. The second-order valence-electron chi connectivity index (χ2n) is 5.67. The Bertz CT molecular complexity index is 783. The van der Waals surface area contributed by atoms with E-state index in [-0.39, 0.29) is 23.1 Å². The largest absolute Gasteiger partial charge is 0.478 e. The summed E-state index contributed by atoms with van der Waals surface area (Å²) < 4.78 is 24.5. The van der Waals surface area contributed by atoms with Crippen molar-refractivity contribution in [2.75, 3.05) is 23.8 Å². The van der Waals surface area contributed by atoms with Gasteiger partial charge in [0.15, 0.2) is 5.76 Å². The fourth-order valence-corrected chi connectivity index (χ4v) is 2.53. The maximum absolute atomic E-state index is 14.1. The van der Waals surface area contributed by atoms with E-state index in [1.807, 2.05) is 0 Å². The van der Waals surface area contributed by atoms with Crippen LogP contribution in [0.2, 0.25) is 0 Å². The number of furan rings is 1. The third kappa shape index (κ3) is 4.16. The highest BCUT2D eigenvalue weighted by atomic mass is 19.1. The number of hydrogen-bond donors (Lipinski definition) is 3. The number of hydrogen-bond acceptors (Lipinski definition) is 5. The first-order chi connectivity index (χ1) is 12.0. The van der Waals surface area contributed by atoms with Crippen molar-refractivity contribution in [2.45, 2.75) is 18.9 Å². The molecule has 1 aliphatic heterocycles. The number of halogens is 1. The average Bonchev–Trinajstić information content (AvgIpc) is 3.26. The molecular formula is C17H17FN2O5. The zero-order valence-corrected chi connectivity index (χ0v) is 13.3. The number of carboxylic acids is 1. The molecule has 2 aromatic rings. The Morgan fingerprint density at radius 3 is 2.80 bits per heavy atom. The lowest BCUT2D eigenvalue weighted by Crippen LogP contribution is -2.19. The first-order valence-corrected chi connectivity index (χ1v) is 7.81. The molecule has 1 amide bonds. The van der Waals surface area contributed by atoms with E-state index >= 15 is 0 Å². The van der Waals surface area contributed by atoms with Crippen molar-refractivity contribution in [1.82, 2.24) is 0 Å². The number of carbonyl (C=O) groups excluding carboxylic acids is 1. The van der Waals surface area contributed by atoms with Gasteiger partial charge in [0.2, 0.25) is 0 Å². The van der Waals surface area contributed by atoms with Crippen LogP contribution in [0.5, 0.6) is 0 Å². The van der Waals surface area contributed by atoms with E-state index in [1.54, 1.807) is 6.07 Å². The molecular weight excluding hydrogens is 331 g/mol. The van der Waals surface area contributed by atoms with Gasteiger partial charge in [0.25, 0.3) is 5.91 Å². The molecule has 0 spiro atoms. The van der Waals surface area contributed by atoms with E-state index in [1.165, 1.54) is 12.1 Å². The van der Waals surface area contributed by atoms with Crippen LogP contribution in [0.15, 0.2) is 34.9 Å². The fourth-order valence-electron chi connectivity index (χ4n) is 2.53. The van der Waals surface area contributed by atoms with Gasteiger partial charge >= 0.3 is 5.97 Å². The Hall–Kier alpha value is -2.87. The van der Waals surface area contributed by atoms with E-state index in [0.717, 1.165) is 31.8 Å². The quantitative estimate of drug-likeness (QED) is 0.742. The second kappa shape index (κ2) is 7.35. The van der Waals surface area contributed by atoms with Crippen molar-refractivity contribution in [3.05, 3.63) is 47.7 Å². The second-order valence-corrected chi connectivity index (χ2v) is 5.67. The maximum atomic E-state index is 14.1. The number of rotatable bonds is 6. The minimum absolute atomic E-state index is 0.0844. The summed E-state index contributed by atoms with van der Waals surface area (Å²) in [5.74, 6) is -2.54. The number of benzene rings is 1. The molecule has 0 bridgehead atoms. The summed E-state index contributed by atoms with van der Waals surface area (Å²) >= 11 is 0. The average molecular weight is 348 g/mol. The number of aromatic carboxylic acids is 1. The van der Waals surface area contributed by atoms with Crippen LogP contribution in [0.25, 0.3) is 0 Å². The van der Waals surface area contributed by atoms with Crippen molar-refractivity contribution < 1.29 is 28.2 Å². The van der Waals surface area contributed by atoms with E-state index < -0.39 is 17.7 Å². The lowest BCUT2D eigenvalue weighted by molar-refractivity contribution is 0.0696. The summed E-state index contributed by atoms with van der Waals surface area (Å²) in [5, 5.41) is 14.3. The van der Waals surface area contributed by atoms with Crippen LogP contribution in [0.3, 0.4) is 0 Å². The number of carbonyl (C=O) groups is 2. The zero-order valence-electron chi connectivity index (χ0n) is 13.3. The first-order valence-electron chi connectivity index (χ1n) is 7.81. The van der Waals surface area contributed by atoms with Gasteiger partial charge in [-0.3, -0.25) is 4.79 Å². The van der Waals surface area contributed by atoms with Crippen LogP contribution >= 0.6 is 0 Å². The summed E-state index contributed by atoms with van der Waals surface area (Å²) in [5.41, 5.74) is 0.420. The molecule has 8 heteroatoms. The van der Waals surface area contributed by atoms with Crippen LogP contribution in [0.1, 0.15) is 33.8 Å². The molecule has 1 aliphatic rings. The normalized spacial score (nSPS) is 16.6. The fraction of sp³-hybridized carbons (Fsp3) is 0.294. The predicted molar refractivity (Wildman–Crippen MR) is 87.5 cm³/mol. The number of ether oxygens (including phenoxy) is 1. The number of nitrogens with one attached hydrogen (secondary N) is 2. The Labute approximate surface area is 142 Å². The van der Waals surface area contributed by atoms with Gasteiger partial charge in [-0.15, -0.1) is 0 Å². The van der Waals surface area contributed by atoms with Crippen molar-refractivity contribution in [1.29, 1.82) is 0 Å². The number of amides is 1. The van der Waals surface area contributed by atoms with E-state index in [4.69, 9.17) is 14.3 Å². The minimum atomic E-state index is -1.20. The van der Waals surface area contributed by atoms with Crippen LogP contribution in [0.4, 0.5) is 15.8 Å². The molecule has 1 aromatic carbocycles. The highest BCUT2D eigenvalue weighted by molar-refractivity contribution is 6.03. The Morgan fingerprint density at radius 1 is 1.32 bits per heavy atom. The Balaban J connectivity index is 1.61. The molecule has 2 heterocycles. The minimum Gasteiger partial charge on any atom is -0.478 e. The van der Waals surface area contributed by atoms with Gasteiger partial charge in [0.1, 0.15) is 12.1 Å². The molecule has 1 atom stereocenters. The summed E-state index contributed by atoms with van der Waals surface area (Å²) in [6, 6.07) is 5.34. The van der Waals surface area contributed by atoms with Crippen molar-refractivity contribution in [2.24, 2.45) is 0 Å². The van der Waals surface area contributed by atoms with Gasteiger partial charge in [-0.2, -0.15) is 0 Å². The molecule has 7 nitrogen and oxygen atoms in total. The van der Waals surface area contributed by atoms with E-state index in [0.29, 0.717) is 12.2 Å². The van der Waals surface area contributed by atoms with Gasteiger partial charge in [0, 0.05) is 24.9 Å². The van der Waals surface area contributed by atoms with Crippen LogP contribution in [0, 0.1) is 5.82 Å². The van der Waals surface area contributed by atoms with Crippen LogP contribution in [-0.4, -0.2) is 36.2 Å². The first kappa shape index (κ1) is 17.0. The molecule has 3 rings (SSSR count). The summed E-state index contributed by atoms with van der Waals surface area (Å²) in [7, 11) is 0. The molecule has 0 aliphatic carbocycles. The van der Waals surface area contributed by atoms with E-state index in [9.17, 15) is 14.0 Å². The smallest absolute Gasteiger partial charge is 0.338 e. The predicted octanol–water partition coefficient (Wildman–Crippen LogP) is 2.96. The molecule has 1 fully saturated rings. The molecule has 25 heavy (non-hydrogen) atoms. The monoisotopic (exact) mass is 348 g/mol. The standard InChI is InChI=1S/C17H17FN2O5/c18-13-7-11(3-4-14(13)19-8-12-2-1-5-24-12)20-16(21)15-6-10(9-25-15)17(22)23/h3-4,6-7,9,12,19H,1-2,5,8H2,(H,20,21)(H,22,23)/t12-/m1/s1. The van der Waals surface area contributed by atoms with Gasteiger partial charge in [-0.05, 0) is 31.0 Å². The molecule has 0 unspecified atom stereocenters. The van der Waals surface area contributed by atoms with Gasteiger partial charge in [0.05, 0.1) is 17.4 Å². The van der Waals surface area contributed by atoms with Gasteiger partial charge in [-0.1, -0.05) is 0 Å². The van der Waals surface area contributed by atoms with Crippen LogP contribution < -0.4 is 10.6 Å². The topological polar surface area (TPSA) is 101 Å². The zero-order chi connectivity index (χ0) is 17.8. The number of anilines is 2. The summed E-state index contributed by atoms with van der Waals surface area (Å²) in [6.45, 7) is 1.25. The highest BCUT2D eigenvalue weighted by Gasteiger charge is 2.17. The highest BCUT2D eigenvalue weighted by Crippen LogP contribution is 2.21. The Morgan fingerprint density at radius 2 is 2.16 bits per heavy atom.